The highest BCUT2D eigenvalue weighted by atomic mass is 16.5. The van der Waals surface area contributed by atoms with Crippen LogP contribution in [0.1, 0.15) is 23.0 Å². The van der Waals surface area contributed by atoms with Crippen LogP contribution in [0.15, 0.2) is 60.9 Å². The van der Waals surface area contributed by atoms with Crippen LogP contribution in [0.2, 0.25) is 0 Å². The number of nitrogens with two attached hydrogens (primary N) is 1. The predicted octanol–water partition coefficient (Wildman–Crippen LogP) is 3.23. The second kappa shape index (κ2) is 6.70. The van der Waals surface area contributed by atoms with E-state index in [1.165, 1.54) is 11.1 Å². The number of nitrogens with zero attached hydrogens (tertiary/aromatic N) is 3. The molecular weight excluding hydrogens is 312 g/mol. The van der Waals surface area contributed by atoms with E-state index in [0.717, 1.165) is 30.4 Å². The van der Waals surface area contributed by atoms with Crippen LogP contribution in [0.4, 0.5) is 0 Å². The first-order valence-corrected chi connectivity index (χ1v) is 8.50. The quantitative estimate of drug-likeness (QED) is 0.778. The van der Waals surface area contributed by atoms with Crippen molar-refractivity contribution in [1.29, 1.82) is 0 Å². The minimum atomic E-state index is 0.186. The molecule has 1 aliphatic heterocycles. The lowest BCUT2D eigenvalue weighted by Gasteiger charge is -2.23. The van der Waals surface area contributed by atoms with Gasteiger partial charge in [-0.25, -0.2) is 4.98 Å². The van der Waals surface area contributed by atoms with Crippen molar-refractivity contribution in [2.75, 3.05) is 6.54 Å². The first-order valence-electron chi connectivity index (χ1n) is 8.50. The van der Waals surface area contributed by atoms with Gasteiger partial charge in [-0.2, -0.15) is 0 Å². The van der Waals surface area contributed by atoms with E-state index in [0.29, 0.717) is 6.54 Å². The van der Waals surface area contributed by atoms with Crippen LogP contribution in [0.3, 0.4) is 0 Å². The van der Waals surface area contributed by atoms with E-state index in [4.69, 9.17) is 10.5 Å². The molecule has 2 N–H and O–H groups in total. The lowest BCUT2D eigenvalue weighted by atomic mass is 10.0. The van der Waals surface area contributed by atoms with Crippen molar-refractivity contribution in [2.24, 2.45) is 12.8 Å². The third-order valence-corrected chi connectivity index (χ3v) is 4.76. The molecule has 1 atom stereocenters. The number of hydrogen-bond donors (Lipinski definition) is 1. The molecule has 2 heterocycles. The number of imidazole rings is 1. The van der Waals surface area contributed by atoms with Crippen molar-refractivity contribution in [3.63, 3.8) is 0 Å². The molecule has 0 saturated heterocycles. The molecule has 5 nitrogen and oxygen atoms in total. The topological polar surface area (TPSA) is 56.3 Å². The fourth-order valence-electron chi connectivity index (χ4n) is 3.41. The molecule has 0 amide bonds. The molecule has 1 unspecified atom stereocenters. The van der Waals surface area contributed by atoms with E-state index in [2.05, 4.69) is 26.6 Å². The molecule has 3 aromatic rings. The van der Waals surface area contributed by atoms with E-state index < -0.39 is 0 Å². The van der Waals surface area contributed by atoms with Gasteiger partial charge < -0.3 is 15.0 Å². The minimum Gasteiger partial charge on any atom is -0.457 e. The van der Waals surface area contributed by atoms with Gasteiger partial charge in [0, 0.05) is 38.6 Å². The number of hydrogen-bond acceptors (Lipinski definition) is 4. The standard InChI is InChI=1S/C20H22N4O/c1-23-10-9-22-20(23)14-24-13-15-7-8-17(11-18(15)19(24)12-21)25-16-5-3-2-4-6-16/h2-11,19H,12-14,21H2,1H3. The number of fused-ring (bicyclic) bond motifs is 1. The zero-order chi connectivity index (χ0) is 17.2. The summed E-state index contributed by atoms with van der Waals surface area (Å²) < 4.78 is 8.04. The van der Waals surface area contributed by atoms with Gasteiger partial charge >= 0.3 is 0 Å². The molecule has 0 saturated carbocycles. The van der Waals surface area contributed by atoms with E-state index in [1.807, 2.05) is 55.8 Å². The molecule has 128 valence electrons. The van der Waals surface area contributed by atoms with Gasteiger partial charge in [-0.05, 0) is 35.4 Å². The molecule has 0 fully saturated rings. The van der Waals surface area contributed by atoms with Crippen LogP contribution >= 0.6 is 0 Å². The Morgan fingerprint density at radius 1 is 1.16 bits per heavy atom. The Morgan fingerprint density at radius 2 is 2.00 bits per heavy atom. The SMILES string of the molecule is Cn1ccnc1CN1Cc2ccc(Oc3ccccc3)cc2C1CN. The van der Waals surface area contributed by atoms with Gasteiger partial charge in [0.05, 0.1) is 6.54 Å². The van der Waals surface area contributed by atoms with Gasteiger partial charge in [0.15, 0.2) is 0 Å². The summed E-state index contributed by atoms with van der Waals surface area (Å²) in [4.78, 5) is 6.81. The zero-order valence-corrected chi connectivity index (χ0v) is 14.3. The molecule has 2 aromatic carbocycles. The van der Waals surface area contributed by atoms with Gasteiger partial charge in [0.25, 0.3) is 0 Å². The summed E-state index contributed by atoms with van der Waals surface area (Å²) in [7, 11) is 2.02. The number of aromatic nitrogens is 2. The molecule has 4 rings (SSSR count). The molecule has 0 radical (unpaired) electrons. The van der Waals surface area contributed by atoms with E-state index in [1.54, 1.807) is 0 Å². The number of para-hydroxylation sites is 1. The second-order valence-corrected chi connectivity index (χ2v) is 6.39. The fraction of sp³-hybridized carbons (Fsp3) is 0.250. The fourth-order valence-corrected chi connectivity index (χ4v) is 3.41. The van der Waals surface area contributed by atoms with E-state index in [9.17, 15) is 0 Å². The van der Waals surface area contributed by atoms with Crippen LogP contribution < -0.4 is 10.5 Å². The summed E-state index contributed by atoms with van der Waals surface area (Å²) in [6.07, 6.45) is 3.81. The number of benzene rings is 2. The Labute approximate surface area is 147 Å². The molecule has 0 bridgehead atoms. The van der Waals surface area contributed by atoms with Gasteiger partial charge in [0.2, 0.25) is 0 Å². The van der Waals surface area contributed by atoms with Crippen LogP contribution in [0.5, 0.6) is 11.5 Å². The number of aryl methyl sites for hydroxylation is 1. The van der Waals surface area contributed by atoms with Crippen LogP contribution in [-0.4, -0.2) is 21.0 Å². The lowest BCUT2D eigenvalue weighted by molar-refractivity contribution is 0.203. The Morgan fingerprint density at radius 3 is 2.72 bits per heavy atom. The summed E-state index contributed by atoms with van der Waals surface area (Å²) in [5, 5.41) is 0. The van der Waals surface area contributed by atoms with Crippen LogP contribution in [0.25, 0.3) is 0 Å². The highest BCUT2D eigenvalue weighted by molar-refractivity contribution is 5.42. The largest absolute Gasteiger partial charge is 0.457 e. The van der Waals surface area contributed by atoms with Crippen molar-refractivity contribution >= 4 is 0 Å². The summed E-state index contributed by atoms with van der Waals surface area (Å²) in [6, 6.07) is 16.3. The van der Waals surface area contributed by atoms with Crippen molar-refractivity contribution in [1.82, 2.24) is 14.5 Å². The molecule has 1 aliphatic rings. The monoisotopic (exact) mass is 334 g/mol. The first kappa shape index (κ1) is 15.9. The van der Waals surface area contributed by atoms with Crippen molar-refractivity contribution in [2.45, 2.75) is 19.1 Å². The Bertz CT molecular complexity index is 859. The number of ether oxygens (including phenoxy) is 1. The van der Waals surface area contributed by atoms with Gasteiger partial charge in [-0.1, -0.05) is 24.3 Å². The zero-order valence-electron chi connectivity index (χ0n) is 14.3. The first-order chi connectivity index (χ1) is 12.2. The summed E-state index contributed by atoms with van der Waals surface area (Å²) >= 11 is 0. The van der Waals surface area contributed by atoms with Gasteiger partial charge in [0.1, 0.15) is 17.3 Å². The molecular formula is C20H22N4O. The smallest absolute Gasteiger partial charge is 0.127 e. The molecule has 25 heavy (non-hydrogen) atoms. The highest BCUT2D eigenvalue weighted by Gasteiger charge is 2.30. The van der Waals surface area contributed by atoms with Gasteiger partial charge in [-0.3, -0.25) is 4.90 Å². The molecule has 5 heteroatoms. The average molecular weight is 334 g/mol. The molecule has 1 aromatic heterocycles. The Hall–Kier alpha value is -2.63. The maximum absolute atomic E-state index is 6.10. The van der Waals surface area contributed by atoms with E-state index in [-0.39, 0.29) is 6.04 Å². The highest BCUT2D eigenvalue weighted by Crippen LogP contribution is 2.37. The van der Waals surface area contributed by atoms with Crippen molar-refractivity contribution in [3.05, 3.63) is 77.9 Å². The maximum Gasteiger partial charge on any atom is 0.127 e. The summed E-state index contributed by atoms with van der Waals surface area (Å²) in [5.41, 5.74) is 8.66. The maximum atomic E-state index is 6.10. The van der Waals surface area contributed by atoms with E-state index >= 15 is 0 Å². The predicted molar refractivity (Wildman–Crippen MR) is 97.2 cm³/mol. The average Bonchev–Trinajstić information content (AvgIpc) is 3.19. The Kier molecular flexibility index (Phi) is 4.26. The van der Waals surface area contributed by atoms with Gasteiger partial charge in [-0.15, -0.1) is 0 Å². The Balaban J connectivity index is 1.57. The van der Waals surface area contributed by atoms with Crippen LogP contribution in [0, 0.1) is 0 Å². The molecule has 0 spiro atoms. The normalized spacial score (nSPS) is 16.8. The number of rotatable bonds is 5. The lowest BCUT2D eigenvalue weighted by Crippen LogP contribution is -2.28. The minimum absolute atomic E-state index is 0.186. The third-order valence-electron chi connectivity index (χ3n) is 4.76. The third kappa shape index (κ3) is 3.16. The molecule has 0 aliphatic carbocycles. The second-order valence-electron chi connectivity index (χ2n) is 6.39. The van der Waals surface area contributed by atoms with Crippen molar-refractivity contribution in [3.8, 4) is 11.5 Å². The van der Waals surface area contributed by atoms with Crippen LogP contribution in [-0.2, 0) is 20.1 Å². The summed E-state index contributed by atoms with van der Waals surface area (Å²) in [5.74, 6) is 2.74. The van der Waals surface area contributed by atoms with Crippen molar-refractivity contribution < 1.29 is 4.74 Å². The summed E-state index contributed by atoms with van der Waals surface area (Å²) in [6.45, 7) is 2.25.